The Balaban J connectivity index is 2.16. The van der Waals surface area contributed by atoms with Crippen molar-refractivity contribution in [1.29, 1.82) is 0 Å². The van der Waals surface area contributed by atoms with Crippen LogP contribution in [-0.4, -0.2) is 17.3 Å². The molecule has 18 heavy (non-hydrogen) atoms. The van der Waals surface area contributed by atoms with Crippen molar-refractivity contribution in [3.63, 3.8) is 0 Å². The number of hydrogen-bond acceptors (Lipinski definition) is 1. The maximum absolute atomic E-state index is 11.9. The Kier molecular flexibility index (Phi) is 7.96. The van der Waals surface area contributed by atoms with Crippen LogP contribution in [0.25, 0.3) is 0 Å². The Morgan fingerprint density at radius 3 is 2.39 bits per heavy atom. The van der Waals surface area contributed by atoms with Gasteiger partial charge in [-0.15, -0.1) is 0 Å². The van der Waals surface area contributed by atoms with Gasteiger partial charge >= 0.3 is 0 Å². The van der Waals surface area contributed by atoms with Crippen LogP contribution in [0.3, 0.4) is 0 Å². The van der Waals surface area contributed by atoms with E-state index in [1.807, 2.05) is 0 Å². The second kappa shape index (κ2) is 8.95. The van der Waals surface area contributed by atoms with Crippen molar-refractivity contribution in [1.82, 2.24) is 5.32 Å². The first-order valence-electron chi connectivity index (χ1n) is 7.48. The highest BCUT2D eigenvalue weighted by molar-refractivity contribution is 9.09. The minimum Gasteiger partial charge on any atom is -0.355 e. The van der Waals surface area contributed by atoms with Gasteiger partial charge in [0.05, 0.1) is 0 Å². The molecule has 0 aliphatic heterocycles. The van der Waals surface area contributed by atoms with Crippen molar-refractivity contribution in [3.8, 4) is 0 Å². The summed E-state index contributed by atoms with van der Waals surface area (Å²) in [5.74, 6) is 1.55. The van der Waals surface area contributed by atoms with E-state index < -0.39 is 0 Å². The van der Waals surface area contributed by atoms with E-state index in [4.69, 9.17) is 0 Å². The standard InChI is InChI=1S/C15H28BrNO/c1-12(2)9-14(16)11-17-15(18)10-13-7-5-3-4-6-8-13/h12-14H,3-11H2,1-2H3,(H,17,18). The third-order valence-corrected chi connectivity index (χ3v) is 4.39. The highest BCUT2D eigenvalue weighted by Gasteiger charge is 2.16. The Morgan fingerprint density at radius 2 is 1.83 bits per heavy atom. The summed E-state index contributed by atoms with van der Waals surface area (Å²) >= 11 is 3.63. The summed E-state index contributed by atoms with van der Waals surface area (Å²) in [6.45, 7) is 5.19. The smallest absolute Gasteiger partial charge is 0.220 e. The van der Waals surface area contributed by atoms with Crippen LogP contribution in [-0.2, 0) is 4.79 Å². The Hall–Kier alpha value is -0.0500. The third kappa shape index (κ3) is 7.40. The number of nitrogens with one attached hydrogen (secondary N) is 1. The summed E-state index contributed by atoms with van der Waals surface area (Å²) < 4.78 is 0. The van der Waals surface area contributed by atoms with Gasteiger partial charge in [-0.2, -0.15) is 0 Å². The van der Waals surface area contributed by atoms with Gasteiger partial charge in [-0.25, -0.2) is 0 Å². The van der Waals surface area contributed by atoms with Gasteiger partial charge in [0.25, 0.3) is 0 Å². The molecule has 1 fully saturated rings. The molecule has 1 atom stereocenters. The van der Waals surface area contributed by atoms with Gasteiger partial charge in [0.15, 0.2) is 0 Å². The monoisotopic (exact) mass is 317 g/mol. The molecule has 106 valence electrons. The van der Waals surface area contributed by atoms with E-state index in [0.717, 1.165) is 19.4 Å². The van der Waals surface area contributed by atoms with Crippen molar-refractivity contribution >= 4 is 21.8 Å². The lowest BCUT2D eigenvalue weighted by Crippen LogP contribution is -2.31. The van der Waals surface area contributed by atoms with E-state index in [1.165, 1.54) is 38.5 Å². The molecule has 0 aromatic heterocycles. The molecule has 1 rings (SSSR count). The van der Waals surface area contributed by atoms with E-state index in [-0.39, 0.29) is 5.91 Å². The second-order valence-corrected chi connectivity index (χ2v) is 7.39. The molecule has 1 saturated carbocycles. The van der Waals surface area contributed by atoms with E-state index in [0.29, 0.717) is 16.7 Å². The van der Waals surface area contributed by atoms with E-state index >= 15 is 0 Å². The lowest BCUT2D eigenvalue weighted by Gasteiger charge is -2.16. The first kappa shape index (κ1) is 16.0. The van der Waals surface area contributed by atoms with Crippen molar-refractivity contribution in [2.24, 2.45) is 11.8 Å². The average Bonchev–Trinajstić information content (AvgIpc) is 2.54. The molecule has 1 amide bonds. The molecule has 3 heteroatoms. The summed E-state index contributed by atoms with van der Waals surface area (Å²) in [5.41, 5.74) is 0. The van der Waals surface area contributed by atoms with Gasteiger partial charge in [0.1, 0.15) is 0 Å². The predicted molar refractivity (Wildman–Crippen MR) is 81.0 cm³/mol. The van der Waals surface area contributed by atoms with E-state index in [2.05, 4.69) is 35.1 Å². The van der Waals surface area contributed by atoms with Crippen LogP contribution in [0, 0.1) is 11.8 Å². The maximum atomic E-state index is 11.9. The molecule has 0 bridgehead atoms. The lowest BCUT2D eigenvalue weighted by atomic mass is 9.96. The molecule has 1 N–H and O–H groups in total. The average molecular weight is 318 g/mol. The first-order valence-corrected chi connectivity index (χ1v) is 8.40. The van der Waals surface area contributed by atoms with Gasteiger partial charge in [0, 0.05) is 17.8 Å². The van der Waals surface area contributed by atoms with Crippen LogP contribution < -0.4 is 5.32 Å². The molecule has 0 aromatic carbocycles. The first-order chi connectivity index (χ1) is 8.58. The molecular weight excluding hydrogens is 290 g/mol. The lowest BCUT2D eigenvalue weighted by molar-refractivity contribution is -0.122. The molecule has 0 aromatic rings. The number of hydrogen-bond donors (Lipinski definition) is 1. The topological polar surface area (TPSA) is 29.1 Å². The molecule has 1 unspecified atom stereocenters. The maximum Gasteiger partial charge on any atom is 0.220 e. The molecule has 0 spiro atoms. The van der Waals surface area contributed by atoms with Gasteiger partial charge in [-0.3, -0.25) is 4.79 Å². The summed E-state index contributed by atoms with van der Waals surface area (Å²) in [6, 6.07) is 0. The summed E-state index contributed by atoms with van der Waals surface area (Å²) in [7, 11) is 0. The zero-order valence-electron chi connectivity index (χ0n) is 11.9. The number of alkyl halides is 1. The molecule has 0 saturated heterocycles. The number of carbonyl (C=O) groups is 1. The van der Waals surface area contributed by atoms with Crippen molar-refractivity contribution in [3.05, 3.63) is 0 Å². The van der Waals surface area contributed by atoms with Crippen LogP contribution >= 0.6 is 15.9 Å². The molecular formula is C15H28BrNO. The molecule has 0 heterocycles. The minimum atomic E-state index is 0.245. The number of halogens is 1. The zero-order valence-corrected chi connectivity index (χ0v) is 13.5. The SMILES string of the molecule is CC(C)CC(Br)CNC(=O)CC1CCCCCC1. The number of amides is 1. The predicted octanol–water partition coefficient (Wildman–Crippen LogP) is 4.27. The molecule has 1 aliphatic carbocycles. The number of carbonyl (C=O) groups excluding carboxylic acids is 1. The van der Waals surface area contributed by atoms with E-state index in [1.54, 1.807) is 0 Å². The van der Waals surface area contributed by atoms with Crippen molar-refractivity contribution < 1.29 is 4.79 Å². The fourth-order valence-corrected chi connectivity index (χ4v) is 3.63. The van der Waals surface area contributed by atoms with Gasteiger partial charge in [-0.05, 0) is 31.1 Å². The zero-order chi connectivity index (χ0) is 13.4. The third-order valence-electron chi connectivity index (χ3n) is 3.70. The molecule has 2 nitrogen and oxygen atoms in total. The Morgan fingerprint density at radius 1 is 1.22 bits per heavy atom. The van der Waals surface area contributed by atoms with E-state index in [9.17, 15) is 4.79 Å². The Labute approximate surface area is 120 Å². The van der Waals surface area contributed by atoms with Crippen LogP contribution in [0.4, 0.5) is 0 Å². The quantitative estimate of drug-likeness (QED) is 0.575. The van der Waals surface area contributed by atoms with Gasteiger partial charge in [0.2, 0.25) is 5.91 Å². The van der Waals surface area contributed by atoms with Crippen molar-refractivity contribution in [2.45, 2.75) is 70.0 Å². The minimum absolute atomic E-state index is 0.245. The summed E-state index contributed by atoms with van der Waals surface area (Å²) in [4.78, 5) is 12.3. The van der Waals surface area contributed by atoms with Crippen LogP contribution in [0.2, 0.25) is 0 Å². The van der Waals surface area contributed by atoms with Crippen LogP contribution in [0.15, 0.2) is 0 Å². The largest absolute Gasteiger partial charge is 0.355 e. The second-order valence-electron chi connectivity index (χ2n) is 6.09. The summed E-state index contributed by atoms with van der Waals surface area (Å²) in [6.07, 6.45) is 9.68. The van der Waals surface area contributed by atoms with Gasteiger partial charge < -0.3 is 5.32 Å². The Bertz CT molecular complexity index is 235. The van der Waals surface area contributed by atoms with Crippen LogP contribution in [0.1, 0.15) is 65.2 Å². The normalized spacial score (nSPS) is 19.6. The molecule has 0 radical (unpaired) electrons. The van der Waals surface area contributed by atoms with Crippen LogP contribution in [0.5, 0.6) is 0 Å². The highest BCUT2D eigenvalue weighted by Crippen LogP contribution is 2.25. The van der Waals surface area contributed by atoms with Gasteiger partial charge in [-0.1, -0.05) is 55.5 Å². The fourth-order valence-electron chi connectivity index (χ4n) is 2.72. The number of rotatable bonds is 6. The van der Waals surface area contributed by atoms with Crippen molar-refractivity contribution in [2.75, 3.05) is 6.54 Å². The highest BCUT2D eigenvalue weighted by atomic mass is 79.9. The fraction of sp³-hybridized carbons (Fsp3) is 0.933. The summed E-state index contributed by atoms with van der Waals surface area (Å²) in [5, 5.41) is 3.07. The molecule has 1 aliphatic rings.